The first kappa shape index (κ1) is 12.3. The van der Waals surface area contributed by atoms with Gasteiger partial charge in [0.05, 0.1) is 13.2 Å². The van der Waals surface area contributed by atoms with Gasteiger partial charge in [0.25, 0.3) is 0 Å². The van der Waals surface area contributed by atoms with Crippen LogP contribution in [0.3, 0.4) is 0 Å². The lowest BCUT2D eigenvalue weighted by molar-refractivity contribution is 0.0325. The molecule has 2 aliphatic rings. The van der Waals surface area contributed by atoms with Gasteiger partial charge in [0.1, 0.15) is 0 Å². The molecule has 4 heteroatoms. The average molecular weight is 227 g/mol. The molecule has 0 bridgehead atoms. The molecule has 2 aliphatic heterocycles. The second kappa shape index (κ2) is 5.96. The predicted octanol–water partition coefficient (Wildman–Crippen LogP) is -0.0123. The summed E-state index contributed by atoms with van der Waals surface area (Å²) in [6.07, 6.45) is 1.31. The van der Waals surface area contributed by atoms with E-state index < -0.39 is 0 Å². The lowest BCUT2D eigenvalue weighted by atomic mass is 10.0. The van der Waals surface area contributed by atoms with Gasteiger partial charge in [0.2, 0.25) is 0 Å². The topological polar surface area (TPSA) is 41.7 Å². The van der Waals surface area contributed by atoms with Gasteiger partial charge in [-0.2, -0.15) is 0 Å². The maximum absolute atomic E-state index is 5.85. The third-order valence-corrected chi connectivity index (χ3v) is 4.05. The number of hydrogen-bond acceptors (Lipinski definition) is 4. The molecule has 94 valence electrons. The molecule has 2 saturated heterocycles. The maximum atomic E-state index is 5.85. The van der Waals surface area contributed by atoms with Crippen LogP contribution in [0.2, 0.25) is 0 Å². The van der Waals surface area contributed by atoms with Crippen molar-refractivity contribution in [1.82, 2.24) is 9.80 Å². The first-order chi connectivity index (χ1) is 7.81. The third kappa shape index (κ3) is 2.94. The monoisotopic (exact) mass is 227 g/mol. The van der Waals surface area contributed by atoms with Crippen LogP contribution in [0.4, 0.5) is 0 Å². The zero-order valence-corrected chi connectivity index (χ0v) is 10.4. The Morgan fingerprint density at radius 3 is 2.62 bits per heavy atom. The zero-order valence-electron chi connectivity index (χ0n) is 10.4. The molecule has 2 heterocycles. The van der Waals surface area contributed by atoms with Crippen LogP contribution in [-0.2, 0) is 4.74 Å². The number of rotatable bonds is 4. The molecule has 2 atom stereocenters. The Bertz CT molecular complexity index is 206. The van der Waals surface area contributed by atoms with Gasteiger partial charge < -0.3 is 10.5 Å². The molecule has 4 nitrogen and oxygen atoms in total. The Balaban J connectivity index is 1.72. The highest BCUT2D eigenvalue weighted by Crippen LogP contribution is 2.22. The van der Waals surface area contributed by atoms with Crippen molar-refractivity contribution in [1.29, 1.82) is 0 Å². The van der Waals surface area contributed by atoms with Crippen molar-refractivity contribution in [2.75, 3.05) is 52.5 Å². The maximum Gasteiger partial charge on any atom is 0.0594 e. The van der Waals surface area contributed by atoms with Gasteiger partial charge in [-0.3, -0.25) is 9.80 Å². The highest BCUT2D eigenvalue weighted by Gasteiger charge is 2.29. The van der Waals surface area contributed by atoms with E-state index in [-0.39, 0.29) is 0 Å². The first-order valence-electron chi connectivity index (χ1n) is 6.55. The highest BCUT2D eigenvalue weighted by molar-refractivity contribution is 4.85. The largest absolute Gasteiger partial charge is 0.379 e. The molecule has 2 fully saturated rings. The number of likely N-dealkylation sites (tertiary alicyclic amines) is 1. The molecule has 0 aromatic carbocycles. The molecule has 16 heavy (non-hydrogen) atoms. The highest BCUT2D eigenvalue weighted by atomic mass is 16.5. The van der Waals surface area contributed by atoms with Crippen LogP contribution in [0.15, 0.2) is 0 Å². The minimum absolute atomic E-state index is 0.612. The summed E-state index contributed by atoms with van der Waals surface area (Å²) in [7, 11) is 0. The molecule has 0 radical (unpaired) electrons. The van der Waals surface area contributed by atoms with Crippen LogP contribution in [0.25, 0.3) is 0 Å². The molecule has 2 unspecified atom stereocenters. The van der Waals surface area contributed by atoms with Crippen molar-refractivity contribution >= 4 is 0 Å². The van der Waals surface area contributed by atoms with Gasteiger partial charge in [-0.15, -0.1) is 0 Å². The van der Waals surface area contributed by atoms with Crippen LogP contribution in [0.5, 0.6) is 0 Å². The van der Waals surface area contributed by atoms with Gasteiger partial charge in [-0.25, -0.2) is 0 Å². The van der Waals surface area contributed by atoms with Crippen LogP contribution >= 0.6 is 0 Å². The second-order valence-electron chi connectivity index (χ2n) is 5.06. The average Bonchev–Trinajstić information content (AvgIpc) is 2.68. The Labute approximate surface area is 98.7 Å². The van der Waals surface area contributed by atoms with Crippen LogP contribution in [0, 0.1) is 5.92 Å². The van der Waals surface area contributed by atoms with Crippen LogP contribution < -0.4 is 5.73 Å². The van der Waals surface area contributed by atoms with Gasteiger partial charge in [-0.1, -0.05) is 6.92 Å². The van der Waals surface area contributed by atoms with Crippen LogP contribution in [-0.4, -0.2) is 68.3 Å². The molecule has 2 N–H and O–H groups in total. The van der Waals surface area contributed by atoms with Gasteiger partial charge >= 0.3 is 0 Å². The van der Waals surface area contributed by atoms with Crippen molar-refractivity contribution < 1.29 is 4.74 Å². The Morgan fingerprint density at radius 2 is 1.94 bits per heavy atom. The quantitative estimate of drug-likeness (QED) is 0.733. The summed E-state index contributed by atoms with van der Waals surface area (Å²) in [4.78, 5) is 5.07. The molecule has 0 amide bonds. The fraction of sp³-hybridized carbons (Fsp3) is 1.00. The van der Waals surface area contributed by atoms with Gasteiger partial charge in [0, 0.05) is 38.8 Å². The van der Waals surface area contributed by atoms with Crippen molar-refractivity contribution in [3.05, 3.63) is 0 Å². The molecule has 0 aliphatic carbocycles. The summed E-state index contributed by atoms with van der Waals surface area (Å²) in [6, 6.07) is 0.612. The molecular weight excluding hydrogens is 202 g/mol. The van der Waals surface area contributed by atoms with Gasteiger partial charge in [0.15, 0.2) is 0 Å². The van der Waals surface area contributed by atoms with E-state index in [0.29, 0.717) is 6.04 Å². The smallest absolute Gasteiger partial charge is 0.0594 e. The predicted molar refractivity (Wildman–Crippen MR) is 65.5 cm³/mol. The molecule has 0 spiro atoms. The summed E-state index contributed by atoms with van der Waals surface area (Å²) in [5.41, 5.74) is 5.85. The molecule has 0 saturated carbocycles. The van der Waals surface area contributed by atoms with Gasteiger partial charge in [-0.05, 0) is 18.9 Å². The molecule has 2 rings (SSSR count). The SMILES string of the molecule is CC1CCN(CCN2CCOCC2)C1CN. The lowest BCUT2D eigenvalue weighted by Gasteiger charge is -2.31. The summed E-state index contributed by atoms with van der Waals surface area (Å²) in [5, 5.41) is 0. The lowest BCUT2D eigenvalue weighted by Crippen LogP contribution is -2.45. The van der Waals surface area contributed by atoms with E-state index in [1.807, 2.05) is 0 Å². The first-order valence-corrected chi connectivity index (χ1v) is 6.55. The van der Waals surface area contributed by atoms with Crippen LogP contribution in [0.1, 0.15) is 13.3 Å². The normalized spacial score (nSPS) is 33.4. The van der Waals surface area contributed by atoms with E-state index in [4.69, 9.17) is 10.5 Å². The number of ether oxygens (including phenoxy) is 1. The molecular formula is C12H25N3O. The summed E-state index contributed by atoms with van der Waals surface area (Å²) in [6.45, 7) is 10.7. The Morgan fingerprint density at radius 1 is 1.19 bits per heavy atom. The number of nitrogens with zero attached hydrogens (tertiary/aromatic N) is 2. The van der Waals surface area contributed by atoms with E-state index >= 15 is 0 Å². The molecule has 0 aromatic rings. The van der Waals surface area contributed by atoms with E-state index in [1.54, 1.807) is 0 Å². The van der Waals surface area contributed by atoms with Crippen molar-refractivity contribution in [3.8, 4) is 0 Å². The van der Waals surface area contributed by atoms with E-state index in [1.165, 1.54) is 26.1 Å². The molecule has 0 aromatic heterocycles. The number of nitrogens with two attached hydrogens (primary N) is 1. The minimum Gasteiger partial charge on any atom is -0.379 e. The Kier molecular flexibility index (Phi) is 4.58. The summed E-state index contributed by atoms with van der Waals surface area (Å²) in [5.74, 6) is 0.773. The van der Waals surface area contributed by atoms with Crippen molar-refractivity contribution in [3.63, 3.8) is 0 Å². The standard InChI is InChI=1S/C12H25N3O/c1-11-2-3-15(12(11)10-13)5-4-14-6-8-16-9-7-14/h11-12H,2-10,13H2,1H3. The number of hydrogen-bond donors (Lipinski definition) is 1. The summed E-state index contributed by atoms with van der Waals surface area (Å²) < 4.78 is 5.36. The van der Waals surface area contributed by atoms with Crippen molar-refractivity contribution in [2.45, 2.75) is 19.4 Å². The zero-order chi connectivity index (χ0) is 11.4. The number of morpholine rings is 1. The second-order valence-corrected chi connectivity index (χ2v) is 5.06. The van der Waals surface area contributed by atoms with E-state index in [0.717, 1.165) is 38.8 Å². The fourth-order valence-corrected chi connectivity index (χ4v) is 2.84. The minimum atomic E-state index is 0.612. The van der Waals surface area contributed by atoms with E-state index in [9.17, 15) is 0 Å². The van der Waals surface area contributed by atoms with E-state index in [2.05, 4.69) is 16.7 Å². The summed E-state index contributed by atoms with van der Waals surface area (Å²) >= 11 is 0. The fourth-order valence-electron chi connectivity index (χ4n) is 2.84. The Hall–Kier alpha value is -0.160. The third-order valence-electron chi connectivity index (χ3n) is 4.05. The van der Waals surface area contributed by atoms with Crippen molar-refractivity contribution in [2.24, 2.45) is 11.7 Å².